The van der Waals surface area contributed by atoms with Crippen LogP contribution in [0, 0.1) is 5.92 Å². The summed E-state index contributed by atoms with van der Waals surface area (Å²) in [5.74, 6) is 0.401. The molecular weight excluding hydrogens is 206 g/mol. The fourth-order valence-electron chi connectivity index (χ4n) is 2.39. The average Bonchev–Trinajstić information content (AvgIpc) is 2.35. The summed E-state index contributed by atoms with van der Waals surface area (Å²) >= 11 is 0. The van der Waals surface area contributed by atoms with Gasteiger partial charge in [0.15, 0.2) is 0 Å². The lowest BCUT2D eigenvalue weighted by molar-refractivity contribution is -0.113. The van der Waals surface area contributed by atoms with E-state index in [9.17, 15) is 0 Å². The van der Waals surface area contributed by atoms with Crippen LogP contribution in [0.1, 0.15) is 26.2 Å². The molecule has 0 spiro atoms. The first kappa shape index (κ1) is 13.9. The molecule has 96 valence electrons. The molecule has 0 amide bonds. The van der Waals surface area contributed by atoms with Crippen LogP contribution in [0.2, 0.25) is 0 Å². The summed E-state index contributed by atoms with van der Waals surface area (Å²) in [5.41, 5.74) is 6.14. The third-order valence-corrected chi connectivity index (χ3v) is 3.74. The zero-order valence-electron chi connectivity index (χ0n) is 10.7. The summed E-state index contributed by atoms with van der Waals surface area (Å²) in [6, 6.07) is 0.0524. The Morgan fingerprint density at radius 3 is 2.44 bits per heavy atom. The predicted octanol–water partition coefficient (Wildman–Crippen LogP) is 1.18. The van der Waals surface area contributed by atoms with Crippen molar-refractivity contribution >= 4 is 0 Å². The topological polar surface area (TPSA) is 53.7 Å². The van der Waals surface area contributed by atoms with E-state index in [1.54, 1.807) is 14.2 Å². The van der Waals surface area contributed by atoms with Crippen molar-refractivity contribution in [1.29, 1.82) is 0 Å². The molecule has 2 unspecified atom stereocenters. The number of ether oxygens (including phenoxy) is 3. The summed E-state index contributed by atoms with van der Waals surface area (Å²) in [6.07, 6.45) is 2.76. The van der Waals surface area contributed by atoms with Crippen LogP contribution in [-0.2, 0) is 14.2 Å². The monoisotopic (exact) mass is 231 g/mol. The molecule has 0 aromatic carbocycles. The van der Waals surface area contributed by atoms with Gasteiger partial charge in [-0.05, 0) is 12.3 Å². The van der Waals surface area contributed by atoms with Gasteiger partial charge >= 0.3 is 0 Å². The van der Waals surface area contributed by atoms with Gasteiger partial charge in [-0.1, -0.05) is 6.92 Å². The molecule has 4 heteroatoms. The molecule has 1 aliphatic rings. The van der Waals surface area contributed by atoms with Crippen LogP contribution in [0.25, 0.3) is 0 Å². The molecule has 0 bridgehead atoms. The quantitative estimate of drug-likeness (QED) is 0.746. The van der Waals surface area contributed by atoms with Gasteiger partial charge in [0.25, 0.3) is 0 Å². The Balaban J connectivity index is 2.56. The summed E-state index contributed by atoms with van der Waals surface area (Å²) in [7, 11) is 3.48. The second-order valence-corrected chi connectivity index (χ2v) is 4.67. The SMILES string of the molecule is COCCC(C)C(N)C1(OC)CCOCC1. The molecule has 1 fully saturated rings. The molecule has 0 aromatic heterocycles. The van der Waals surface area contributed by atoms with E-state index in [0.717, 1.165) is 39.1 Å². The summed E-state index contributed by atoms with van der Waals surface area (Å²) in [4.78, 5) is 0. The van der Waals surface area contributed by atoms with Gasteiger partial charge in [0.1, 0.15) is 0 Å². The lowest BCUT2D eigenvalue weighted by atomic mass is 9.79. The number of nitrogens with two attached hydrogens (primary N) is 1. The van der Waals surface area contributed by atoms with E-state index in [1.807, 2.05) is 0 Å². The fraction of sp³-hybridized carbons (Fsp3) is 1.00. The minimum Gasteiger partial charge on any atom is -0.385 e. The molecule has 1 heterocycles. The van der Waals surface area contributed by atoms with Gasteiger partial charge in [0.2, 0.25) is 0 Å². The zero-order chi connectivity index (χ0) is 12.0. The average molecular weight is 231 g/mol. The predicted molar refractivity (Wildman–Crippen MR) is 63.4 cm³/mol. The number of rotatable bonds is 6. The van der Waals surface area contributed by atoms with Crippen molar-refractivity contribution in [3.63, 3.8) is 0 Å². The molecule has 1 aliphatic heterocycles. The minimum atomic E-state index is -0.203. The molecule has 4 nitrogen and oxygen atoms in total. The Labute approximate surface area is 98.4 Å². The Morgan fingerprint density at radius 1 is 1.31 bits per heavy atom. The Morgan fingerprint density at radius 2 is 1.94 bits per heavy atom. The zero-order valence-corrected chi connectivity index (χ0v) is 10.7. The smallest absolute Gasteiger partial charge is 0.0875 e. The third-order valence-electron chi connectivity index (χ3n) is 3.74. The molecule has 2 N–H and O–H groups in total. The number of hydrogen-bond acceptors (Lipinski definition) is 4. The first-order valence-electron chi connectivity index (χ1n) is 6.03. The number of methoxy groups -OCH3 is 2. The van der Waals surface area contributed by atoms with Crippen LogP contribution >= 0.6 is 0 Å². The van der Waals surface area contributed by atoms with Gasteiger partial charge in [-0.15, -0.1) is 0 Å². The van der Waals surface area contributed by atoms with Crippen molar-refractivity contribution in [3.05, 3.63) is 0 Å². The van der Waals surface area contributed by atoms with E-state index >= 15 is 0 Å². The van der Waals surface area contributed by atoms with E-state index in [1.165, 1.54) is 0 Å². The summed E-state index contributed by atoms with van der Waals surface area (Å²) in [6.45, 7) is 4.42. The van der Waals surface area contributed by atoms with E-state index in [0.29, 0.717) is 5.92 Å². The van der Waals surface area contributed by atoms with Crippen LogP contribution in [-0.4, -0.2) is 45.7 Å². The molecule has 0 radical (unpaired) electrons. The van der Waals surface area contributed by atoms with Crippen LogP contribution < -0.4 is 5.73 Å². The van der Waals surface area contributed by atoms with E-state index in [4.69, 9.17) is 19.9 Å². The fourth-order valence-corrected chi connectivity index (χ4v) is 2.39. The van der Waals surface area contributed by atoms with Crippen LogP contribution in [0.4, 0.5) is 0 Å². The van der Waals surface area contributed by atoms with Gasteiger partial charge < -0.3 is 19.9 Å². The largest absolute Gasteiger partial charge is 0.385 e. The molecule has 16 heavy (non-hydrogen) atoms. The molecule has 0 saturated carbocycles. The molecular formula is C12H25NO3. The normalized spacial score (nSPS) is 24.0. The molecule has 0 aliphatic carbocycles. The van der Waals surface area contributed by atoms with Crippen LogP contribution in [0.15, 0.2) is 0 Å². The highest BCUT2D eigenvalue weighted by Gasteiger charge is 2.40. The van der Waals surface area contributed by atoms with Crippen molar-refractivity contribution in [2.24, 2.45) is 11.7 Å². The highest BCUT2D eigenvalue weighted by Crippen LogP contribution is 2.31. The Kier molecular flexibility index (Phi) is 5.69. The van der Waals surface area contributed by atoms with Gasteiger partial charge in [-0.3, -0.25) is 0 Å². The number of hydrogen-bond donors (Lipinski definition) is 1. The summed E-state index contributed by atoms with van der Waals surface area (Å²) in [5, 5.41) is 0. The van der Waals surface area contributed by atoms with Gasteiger partial charge in [-0.25, -0.2) is 0 Å². The second kappa shape index (κ2) is 6.55. The molecule has 1 saturated heterocycles. The van der Waals surface area contributed by atoms with E-state index in [2.05, 4.69) is 6.92 Å². The molecule has 0 aromatic rings. The maximum atomic E-state index is 6.34. The Hall–Kier alpha value is -0.160. The molecule has 1 rings (SSSR count). The first-order valence-corrected chi connectivity index (χ1v) is 6.03. The van der Waals surface area contributed by atoms with E-state index < -0.39 is 0 Å². The van der Waals surface area contributed by atoms with Crippen molar-refractivity contribution in [3.8, 4) is 0 Å². The minimum absolute atomic E-state index is 0.0524. The van der Waals surface area contributed by atoms with Crippen molar-refractivity contribution < 1.29 is 14.2 Å². The van der Waals surface area contributed by atoms with Crippen LogP contribution in [0.3, 0.4) is 0 Å². The molecule has 2 atom stereocenters. The third kappa shape index (κ3) is 3.17. The Bertz CT molecular complexity index is 193. The lowest BCUT2D eigenvalue weighted by Gasteiger charge is -2.43. The highest BCUT2D eigenvalue weighted by molar-refractivity contribution is 4.95. The van der Waals surface area contributed by atoms with Gasteiger partial charge in [0.05, 0.1) is 5.60 Å². The van der Waals surface area contributed by atoms with Gasteiger partial charge in [0, 0.05) is 52.9 Å². The first-order chi connectivity index (χ1) is 7.66. The van der Waals surface area contributed by atoms with Crippen LogP contribution in [0.5, 0.6) is 0 Å². The standard InChI is InChI=1S/C12H25NO3/c1-10(4-7-14-2)11(13)12(15-3)5-8-16-9-6-12/h10-11H,4-9,13H2,1-3H3. The van der Waals surface area contributed by atoms with Crippen molar-refractivity contribution in [2.45, 2.75) is 37.8 Å². The maximum absolute atomic E-state index is 6.34. The van der Waals surface area contributed by atoms with E-state index in [-0.39, 0.29) is 11.6 Å². The maximum Gasteiger partial charge on any atom is 0.0875 e. The van der Waals surface area contributed by atoms with Crippen molar-refractivity contribution in [1.82, 2.24) is 0 Å². The van der Waals surface area contributed by atoms with Crippen molar-refractivity contribution in [2.75, 3.05) is 34.0 Å². The highest BCUT2D eigenvalue weighted by atomic mass is 16.5. The van der Waals surface area contributed by atoms with Gasteiger partial charge in [-0.2, -0.15) is 0 Å². The lowest BCUT2D eigenvalue weighted by Crippen LogP contribution is -2.55. The summed E-state index contributed by atoms with van der Waals surface area (Å²) < 4.78 is 16.2. The second-order valence-electron chi connectivity index (χ2n) is 4.67.